The first-order valence-electron chi connectivity index (χ1n) is 6.12. The number of nitrogens with zero attached hydrogens (tertiary/aromatic N) is 2. The normalized spacial score (nSPS) is 11.1. The standard InChI is InChI=1S/C15H12Cl2N2/c1-2-15-18-13-8-11(16)12(17)9-14(13)19(15)10-6-4-3-5-7-10/h3-9H,2H2,1H3. The van der Waals surface area contributed by atoms with E-state index in [9.17, 15) is 0 Å². The fourth-order valence-electron chi connectivity index (χ4n) is 2.22. The number of hydrogen-bond acceptors (Lipinski definition) is 1. The van der Waals surface area contributed by atoms with Crippen LogP contribution in [0, 0.1) is 0 Å². The van der Waals surface area contributed by atoms with Crippen LogP contribution < -0.4 is 0 Å². The van der Waals surface area contributed by atoms with E-state index in [2.05, 4.69) is 28.6 Å². The highest BCUT2D eigenvalue weighted by atomic mass is 35.5. The molecule has 2 aromatic carbocycles. The van der Waals surface area contributed by atoms with Crippen molar-refractivity contribution in [2.75, 3.05) is 0 Å². The Morgan fingerprint density at radius 2 is 1.74 bits per heavy atom. The van der Waals surface area contributed by atoms with Crippen molar-refractivity contribution in [2.24, 2.45) is 0 Å². The summed E-state index contributed by atoms with van der Waals surface area (Å²) in [4.78, 5) is 4.63. The Labute approximate surface area is 121 Å². The zero-order chi connectivity index (χ0) is 13.4. The van der Waals surface area contributed by atoms with Gasteiger partial charge in [-0.3, -0.25) is 4.57 Å². The van der Waals surface area contributed by atoms with Crippen LogP contribution in [0.15, 0.2) is 42.5 Å². The Bertz CT molecular complexity index is 733. The van der Waals surface area contributed by atoms with Crippen LogP contribution in [-0.4, -0.2) is 9.55 Å². The molecule has 0 atom stereocenters. The van der Waals surface area contributed by atoms with Gasteiger partial charge in [-0.15, -0.1) is 0 Å². The van der Waals surface area contributed by atoms with E-state index in [1.165, 1.54) is 0 Å². The largest absolute Gasteiger partial charge is 0.296 e. The monoisotopic (exact) mass is 290 g/mol. The summed E-state index contributed by atoms with van der Waals surface area (Å²) in [5.41, 5.74) is 2.94. The minimum absolute atomic E-state index is 0.537. The fourth-order valence-corrected chi connectivity index (χ4v) is 2.54. The van der Waals surface area contributed by atoms with Crippen LogP contribution in [0.3, 0.4) is 0 Å². The fraction of sp³-hybridized carbons (Fsp3) is 0.133. The minimum atomic E-state index is 0.537. The second kappa shape index (κ2) is 4.87. The minimum Gasteiger partial charge on any atom is -0.296 e. The summed E-state index contributed by atoms with van der Waals surface area (Å²) in [5, 5.41) is 1.09. The van der Waals surface area contributed by atoms with E-state index in [-0.39, 0.29) is 0 Å². The Morgan fingerprint density at radius 3 is 2.42 bits per heavy atom. The molecule has 3 rings (SSSR count). The number of fused-ring (bicyclic) bond motifs is 1. The molecule has 0 spiro atoms. The molecule has 1 aromatic heterocycles. The number of imidazole rings is 1. The van der Waals surface area contributed by atoms with Crippen LogP contribution >= 0.6 is 23.2 Å². The van der Waals surface area contributed by atoms with Crippen molar-refractivity contribution < 1.29 is 0 Å². The van der Waals surface area contributed by atoms with Crippen molar-refractivity contribution in [3.05, 3.63) is 58.3 Å². The molecule has 1 heterocycles. The van der Waals surface area contributed by atoms with Crippen LogP contribution in [0.4, 0.5) is 0 Å². The van der Waals surface area contributed by atoms with Crippen molar-refractivity contribution in [3.63, 3.8) is 0 Å². The molecule has 3 aromatic rings. The number of hydrogen-bond donors (Lipinski definition) is 0. The number of benzene rings is 2. The quantitative estimate of drug-likeness (QED) is 0.657. The van der Waals surface area contributed by atoms with Gasteiger partial charge in [-0.1, -0.05) is 48.3 Å². The van der Waals surface area contributed by atoms with Gasteiger partial charge in [-0.25, -0.2) is 4.98 Å². The third-order valence-corrected chi connectivity index (χ3v) is 3.82. The first kappa shape index (κ1) is 12.5. The average Bonchev–Trinajstić information content (AvgIpc) is 2.78. The third kappa shape index (κ3) is 2.11. The van der Waals surface area contributed by atoms with Crippen molar-refractivity contribution in [2.45, 2.75) is 13.3 Å². The van der Waals surface area contributed by atoms with Crippen molar-refractivity contribution >= 4 is 34.2 Å². The maximum Gasteiger partial charge on any atom is 0.114 e. The summed E-state index contributed by atoms with van der Waals surface area (Å²) < 4.78 is 2.12. The van der Waals surface area contributed by atoms with Gasteiger partial charge in [0.1, 0.15) is 5.82 Å². The van der Waals surface area contributed by atoms with Crippen LogP contribution in [0.2, 0.25) is 10.0 Å². The lowest BCUT2D eigenvalue weighted by Gasteiger charge is -2.08. The first-order chi connectivity index (χ1) is 9.20. The van der Waals surface area contributed by atoms with Gasteiger partial charge in [-0.2, -0.15) is 0 Å². The SMILES string of the molecule is CCc1nc2cc(Cl)c(Cl)cc2n1-c1ccccc1. The summed E-state index contributed by atoms with van der Waals surface area (Å²) in [6.07, 6.45) is 0.846. The van der Waals surface area contributed by atoms with Gasteiger partial charge >= 0.3 is 0 Å². The molecule has 0 radical (unpaired) electrons. The number of para-hydroxylation sites is 1. The van der Waals surface area contributed by atoms with E-state index < -0.39 is 0 Å². The van der Waals surface area contributed by atoms with Gasteiger partial charge in [0, 0.05) is 12.1 Å². The summed E-state index contributed by atoms with van der Waals surface area (Å²) in [7, 11) is 0. The molecular weight excluding hydrogens is 279 g/mol. The van der Waals surface area contributed by atoms with E-state index in [0.29, 0.717) is 10.0 Å². The van der Waals surface area contributed by atoms with E-state index in [1.807, 2.05) is 30.3 Å². The zero-order valence-corrected chi connectivity index (χ0v) is 11.9. The molecule has 0 fully saturated rings. The van der Waals surface area contributed by atoms with E-state index in [0.717, 1.165) is 29.0 Å². The zero-order valence-electron chi connectivity index (χ0n) is 10.4. The third-order valence-electron chi connectivity index (χ3n) is 3.10. The summed E-state index contributed by atoms with van der Waals surface area (Å²) in [6, 6.07) is 13.8. The molecule has 0 bridgehead atoms. The summed E-state index contributed by atoms with van der Waals surface area (Å²) in [5.74, 6) is 1.000. The second-order valence-electron chi connectivity index (χ2n) is 4.31. The number of aromatic nitrogens is 2. The lowest BCUT2D eigenvalue weighted by molar-refractivity contribution is 0.908. The molecule has 2 nitrogen and oxygen atoms in total. The molecule has 0 amide bonds. The van der Waals surface area contributed by atoms with Crippen molar-refractivity contribution in [1.82, 2.24) is 9.55 Å². The average molecular weight is 291 g/mol. The molecule has 4 heteroatoms. The van der Waals surface area contributed by atoms with Crippen LogP contribution in [0.5, 0.6) is 0 Å². The number of aryl methyl sites for hydroxylation is 1. The van der Waals surface area contributed by atoms with Crippen LogP contribution in [-0.2, 0) is 6.42 Å². The molecule has 0 aliphatic carbocycles. The predicted molar refractivity (Wildman–Crippen MR) is 80.5 cm³/mol. The second-order valence-corrected chi connectivity index (χ2v) is 5.12. The van der Waals surface area contributed by atoms with E-state index in [1.54, 1.807) is 0 Å². The Morgan fingerprint density at radius 1 is 1.05 bits per heavy atom. The molecule has 0 saturated carbocycles. The van der Waals surface area contributed by atoms with Crippen molar-refractivity contribution in [1.29, 1.82) is 0 Å². The van der Waals surface area contributed by atoms with Gasteiger partial charge in [0.15, 0.2) is 0 Å². The van der Waals surface area contributed by atoms with Gasteiger partial charge in [0.05, 0.1) is 21.1 Å². The van der Waals surface area contributed by atoms with Crippen LogP contribution in [0.1, 0.15) is 12.7 Å². The van der Waals surface area contributed by atoms with Gasteiger partial charge in [-0.05, 0) is 24.3 Å². The molecule has 19 heavy (non-hydrogen) atoms. The van der Waals surface area contributed by atoms with Gasteiger partial charge in [0.25, 0.3) is 0 Å². The summed E-state index contributed by atoms with van der Waals surface area (Å²) in [6.45, 7) is 2.09. The molecular formula is C15H12Cl2N2. The molecule has 0 aliphatic rings. The Hall–Kier alpha value is -1.51. The van der Waals surface area contributed by atoms with Gasteiger partial charge < -0.3 is 0 Å². The topological polar surface area (TPSA) is 17.8 Å². The van der Waals surface area contributed by atoms with Crippen molar-refractivity contribution in [3.8, 4) is 5.69 Å². The molecule has 0 saturated heterocycles. The Kier molecular flexibility index (Phi) is 3.21. The number of rotatable bonds is 2. The molecule has 0 unspecified atom stereocenters. The highest BCUT2D eigenvalue weighted by Crippen LogP contribution is 2.30. The van der Waals surface area contributed by atoms with E-state index in [4.69, 9.17) is 23.2 Å². The highest BCUT2D eigenvalue weighted by Gasteiger charge is 2.13. The van der Waals surface area contributed by atoms with E-state index >= 15 is 0 Å². The lowest BCUT2D eigenvalue weighted by atomic mass is 10.2. The lowest BCUT2D eigenvalue weighted by Crippen LogP contribution is -1.99. The first-order valence-corrected chi connectivity index (χ1v) is 6.88. The Balaban J connectivity index is 2.36. The molecule has 96 valence electrons. The highest BCUT2D eigenvalue weighted by molar-refractivity contribution is 6.42. The number of halogens is 2. The van der Waals surface area contributed by atoms with Gasteiger partial charge in [0.2, 0.25) is 0 Å². The predicted octanol–water partition coefficient (Wildman–Crippen LogP) is 4.89. The van der Waals surface area contributed by atoms with Crippen LogP contribution in [0.25, 0.3) is 16.7 Å². The molecule has 0 N–H and O–H groups in total. The maximum atomic E-state index is 6.13. The smallest absolute Gasteiger partial charge is 0.114 e. The maximum absolute atomic E-state index is 6.13. The molecule has 0 aliphatic heterocycles. The summed E-state index contributed by atoms with van der Waals surface area (Å²) >= 11 is 12.2.